The van der Waals surface area contributed by atoms with Crippen LogP contribution in [0.5, 0.6) is 11.5 Å². The third-order valence-electron chi connectivity index (χ3n) is 13.1. The Morgan fingerprint density at radius 2 is 1.42 bits per heavy atom. The number of rotatable bonds is 22. The minimum absolute atomic E-state index is 0.0375. The van der Waals surface area contributed by atoms with Gasteiger partial charge in [0, 0.05) is 63.9 Å². The van der Waals surface area contributed by atoms with Crippen LogP contribution in [0.4, 0.5) is 11.9 Å². The first kappa shape index (κ1) is 52.0. The molecule has 0 bridgehead atoms. The summed E-state index contributed by atoms with van der Waals surface area (Å²) in [4.78, 5) is 83.9. The van der Waals surface area contributed by atoms with Gasteiger partial charge < -0.3 is 49.9 Å². The van der Waals surface area contributed by atoms with Crippen molar-refractivity contribution >= 4 is 63.5 Å². The molecule has 2 fully saturated rings. The van der Waals surface area contributed by atoms with Crippen molar-refractivity contribution in [1.29, 1.82) is 0 Å². The molecule has 0 unspecified atom stereocenters. The van der Waals surface area contributed by atoms with Crippen LogP contribution < -0.4 is 37.3 Å². The van der Waals surface area contributed by atoms with Crippen molar-refractivity contribution in [3.05, 3.63) is 70.2 Å². The Balaban J connectivity index is 1.04. The number of hydrogen-bond acceptors (Lipinski definition) is 15. The van der Waals surface area contributed by atoms with Crippen LogP contribution in [0, 0.1) is 19.8 Å². The molecule has 1 spiro atoms. The molecular weight excluding hydrogens is 941 g/mol. The Bertz CT molecular complexity index is 3050. The first-order valence-corrected chi connectivity index (χ1v) is 24.8. The van der Waals surface area contributed by atoms with Gasteiger partial charge in [-0.25, -0.2) is 15.0 Å². The maximum Gasteiger partial charge on any atom is 0.295 e. The molecule has 5 amide bonds. The number of primary amides is 2. The molecule has 23 nitrogen and oxygen atoms in total. The molecule has 23 heteroatoms. The molecule has 1 atom stereocenters. The van der Waals surface area contributed by atoms with E-state index in [4.69, 9.17) is 45.8 Å². The van der Waals surface area contributed by atoms with Crippen molar-refractivity contribution in [2.45, 2.75) is 105 Å². The highest BCUT2D eigenvalue weighted by molar-refractivity contribution is 6.05. The van der Waals surface area contributed by atoms with Crippen LogP contribution in [-0.2, 0) is 35.6 Å². The highest BCUT2D eigenvalue weighted by Gasteiger charge is 2.48. The number of amides is 5. The summed E-state index contributed by atoms with van der Waals surface area (Å²) in [5.74, 6) is -0.609. The van der Waals surface area contributed by atoms with E-state index in [1.807, 2.05) is 27.9 Å². The van der Waals surface area contributed by atoms with Crippen molar-refractivity contribution in [2.24, 2.45) is 23.1 Å². The second-order valence-corrected chi connectivity index (χ2v) is 19.2. The maximum atomic E-state index is 13.9. The van der Waals surface area contributed by atoms with Crippen molar-refractivity contribution in [3.63, 3.8) is 0 Å². The zero-order valence-corrected chi connectivity index (χ0v) is 42.6. The van der Waals surface area contributed by atoms with Gasteiger partial charge in [0.15, 0.2) is 5.89 Å². The Hall–Kier alpha value is -7.37. The first-order valence-electron chi connectivity index (χ1n) is 24.8. The molecule has 8 rings (SSSR count). The number of imidazole rings is 2. The molecular formula is C50H66N14O9. The second kappa shape index (κ2) is 21.8. The predicted molar refractivity (Wildman–Crippen MR) is 271 cm³/mol. The molecule has 8 N–H and O–H groups in total. The van der Waals surface area contributed by atoms with Crippen molar-refractivity contribution in [1.82, 2.24) is 43.7 Å². The minimum Gasteiger partial charge on any atom is -0.494 e. The Morgan fingerprint density at radius 3 is 2.01 bits per heavy atom. The monoisotopic (exact) mass is 1010 g/mol. The molecule has 0 saturated carbocycles. The summed E-state index contributed by atoms with van der Waals surface area (Å²) in [6, 6.07) is 7.39. The number of oxazole rings is 1. The van der Waals surface area contributed by atoms with E-state index in [0.717, 1.165) is 0 Å². The fourth-order valence-electron chi connectivity index (χ4n) is 9.82. The number of methoxy groups -OCH3 is 1. The lowest BCUT2D eigenvalue weighted by Gasteiger charge is -2.54. The number of carbonyl (C=O) groups is 5. The number of likely N-dealkylation sites (tertiary alicyclic amines) is 1. The Morgan fingerprint density at radius 1 is 0.808 bits per heavy atom. The topological polar surface area (TPSA) is 301 Å². The van der Waals surface area contributed by atoms with E-state index < -0.39 is 35.3 Å². The van der Waals surface area contributed by atoms with Crippen LogP contribution in [0.1, 0.15) is 112 Å². The number of fused-ring (bicyclic) bond motifs is 2. The highest BCUT2D eigenvalue weighted by atomic mass is 16.5. The Labute approximate surface area is 422 Å². The van der Waals surface area contributed by atoms with Gasteiger partial charge in [0.2, 0.25) is 35.4 Å². The number of benzene rings is 2. The largest absolute Gasteiger partial charge is 0.494 e. The fraction of sp³-hybridized carbons (Fsp3) is 0.500. The number of anilines is 2. The quantitative estimate of drug-likeness (QED) is 0.0600. The molecule has 2 aliphatic heterocycles. The van der Waals surface area contributed by atoms with E-state index in [1.54, 1.807) is 42.8 Å². The molecule has 6 aromatic rings. The summed E-state index contributed by atoms with van der Waals surface area (Å²) >= 11 is 0. The van der Waals surface area contributed by atoms with Crippen molar-refractivity contribution in [2.75, 3.05) is 63.7 Å². The second-order valence-electron chi connectivity index (χ2n) is 19.2. The predicted octanol–water partition coefficient (Wildman–Crippen LogP) is 4.02. The number of hydrogen-bond donors (Lipinski definition) is 5. The lowest BCUT2D eigenvalue weighted by molar-refractivity contribution is -0.189. The number of nitrogens with zero attached hydrogens (tertiary/aromatic N) is 9. The normalized spacial score (nSPS) is 15.0. The molecule has 0 radical (unpaired) electrons. The lowest BCUT2D eigenvalue weighted by atomic mass is 9.91. The van der Waals surface area contributed by atoms with E-state index in [9.17, 15) is 24.0 Å². The maximum absolute atomic E-state index is 13.9. The Kier molecular flexibility index (Phi) is 15.5. The van der Waals surface area contributed by atoms with Crippen LogP contribution in [0.2, 0.25) is 0 Å². The van der Waals surface area contributed by atoms with Crippen LogP contribution in [0.25, 0.3) is 22.1 Å². The van der Waals surface area contributed by atoms with E-state index in [-0.39, 0.29) is 41.3 Å². The van der Waals surface area contributed by atoms with Crippen LogP contribution >= 0.6 is 0 Å². The number of nitrogens with two attached hydrogens (primary N) is 3. The lowest BCUT2D eigenvalue weighted by Crippen LogP contribution is -2.71. The molecule has 6 heterocycles. The minimum atomic E-state index is -0.684. The third-order valence-corrected chi connectivity index (χ3v) is 13.1. The van der Waals surface area contributed by atoms with Gasteiger partial charge in [0.25, 0.3) is 11.8 Å². The summed E-state index contributed by atoms with van der Waals surface area (Å²) in [6.45, 7) is 16.2. The van der Waals surface area contributed by atoms with Gasteiger partial charge >= 0.3 is 0 Å². The first-order chi connectivity index (χ1) is 34.9. The van der Waals surface area contributed by atoms with Crippen molar-refractivity contribution < 1.29 is 42.6 Å². The summed E-state index contributed by atoms with van der Waals surface area (Å²) < 4.78 is 29.4. The summed E-state index contributed by atoms with van der Waals surface area (Å²) in [6.07, 6.45) is 2.67. The van der Waals surface area contributed by atoms with Crippen LogP contribution in [-0.4, -0.2) is 138 Å². The molecule has 2 saturated heterocycles. The number of morpholine rings is 1. The van der Waals surface area contributed by atoms with Crippen LogP contribution in [0.15, 0.2) is 34.7 Å². The SMILES string of the molecule is CCc1nc(C)oc1C(=O)Nc1nc2cc(C(N)=O)cc(OCCCN3CC4(C3)CN(C(=O)[C@@H](N)CC(C)C)CCO4)c2n1CCCCn1c(NC(=O)c2cc(C)nn2CC)nc2cc(C(N)=O)cc(OC)c21. The number of nitrogens with one attached hydrogen (secondary N) is 2. The van der Waals surface area contributed by atoms with Crippen LogP contribution in [0.3, 0.4) is 0 Å². The smallest absolute Gasteiger partial charge is 0.295 e. The summed E-state index contributed by atoms with van der Waals surface area (Å²) in [5.41, 5.74) is 21.0. The number of carbonyl (C=O) groups excluding carboxylic acids is 5. The zero-order chi connectivity index (χ0) is 52.3. The van der Waals surface area contributed by atoms with Gasteiger partial charge in [-0.15, -0.1) is 0 Å². The number of aryl methyl sites for hydroxylation is 6. The zero-order valence-electron chi connectivity index (χ0n) is 42.6. The fourth-order valence-corrected chi connectivity index (χ4v) is 9.82. The molecule has 4 aromatic heterocycles. The number of ether oxygens (including phenoxy) is 3. The summed E-state index contributed by atoms with van der Waals surface area (Å²) in [5, 5.41) is 10.3. The highest BCUT2D eigenvalue weighted by Crippen LogP contribution is 2.35. The van der Waals surface area contributed by atoms with Gasteiger partial charge in [0.1, 0.15) is 33.8 Å². The molecule has 0 aliphatic carbocycles. The van der Waals surface area contributed by atoms with E-state index in [0.29, 0.717) is 154 Å². The summed E-state index contributed by atoms with van der Waals surface area (Å²) in [7, 11) is 1.47. The van der Waals surface area contributed by atoms with E-state index in [2.05, 4.69) is 39.5 Å². The van der Waals surface area contributed by atoms with Gasteiger partial charge in [-0.05, 0) is 82.2 Å². The van der Waals surface area contributed by atoms with E-state index in [1.165, 1.54) is 13.2 Å². The van der Waals surface area contributed by atoms with Crippen molar-refractivity contribution in [3.8, 4) is 11.5 Å². The molecule has 2 aromatic carbocycles. The van der Waals surface area contributed by atoms with Gasteiger partial charge in [-0.3, -0.25) is 44.2 Å². The van der Waals surface area contributed by atoms with E-state index >= 15 is 0 Å². The van der Waals surface area contributed by atoms with Gasteiger partial charge in [-0.1, -0.05) is 20.8 Å². The molecule has 73 heavy (non-hydrogen) atoms. The standard InChI is InChI=1S/C50H66N14O9/c1-8-34-42(73-30(6)54-34)46(68)58-49-56-36-22-32(44(53)66)24-39(71-17-12-13-60-25-50(26-60)27-61(16-18-72-50)47(69)33(51)19-28(3)4)41(36)63(49)15-11-10-14-62-40-35(21-31(43(52)65)23-38(40)70-7)55-48(62)57-45(67)37-20-29(5)59-64(37)9-2/h20-24,28,33H,8-19,25-27,51H2,1-7H3,(H2,52,65)(H2,53,66)(H,55,57,67)(H,56,58,68)/t33-/m0/s1. The van der Waals surface area contributed by atoms with Gasteiger partial charge in [0.05, 0.1) is 55.3 Å². The molecule has 390 valence electrons. The number of aromatic nitrogens is 7. The van der Waals surface area contributed by atoms with Gasteiger partial charge in [-0.2, -0.15) is 5.10 Å². The average Bonchev–Trinajstić information content (AvgIpc) is 4.12. The third kappa shape index (κ3) is 11.2. The average molecular weight is 1010 g/mol. The molecule has 2 aliphatic rings. The number of unbranched alkanes of at least 4 members (excludes halogenated alkanes) is 1.